The van der Waals surface area contributed by atoms with Crippen LogP contribution in [0.25, 0.3) is 0 Å². The fourth-order valence-electron chi connectivity index (χ4n) is 2.42. The Labute approximate surface area is 114 Å². The molecule has 1 atom stereocenters. The summed E-state index contributed by atoms with van der Waals surface area (Å²) in [6.45, 7) is 1.86. The molecule has 2 N–H and O–H groups in total. The summed E-state index contributed by atoms with van der Waals surface area (Å²) in [5, 5.41) is 6.40. The molecule has 1 heterocycles. The molecule has 19 heavy (non-hydrogen) atoms. The summed E-state index contributed by atoms with van der Waals surface area (Å²) in [7, 11) is 1.63. The molecule has 0 bridgehead atoms. The highest BCUT2D eigenvalue weighted by atomic mass is 16.5. The number of hydrogen-bond donors (Lipinski definition) is 2. The molecule has 4 heteroatoms. The van der Waals surface area contributed by atoms with Crippen molar-refractivity contribution >= 4 is 5.91 Å². The number of ether oxygens (including phenoxy) is 1. The molecular formula is C15H22N2O2. The molecule has 1 aromatic carbocycles. The number of benzene rings is 1. The van der Waals surface area contributed by atoms with Crippen LogP contribution in [0, 0.1) is 0 Å². The second kappa shape index (κ2) is 7.14. The van der Waals surface area contributed by atoms with Crippen molar-refractivity contribution in [2.75, 3.05) is 20.2 Å². The standard InChI is InChI=1S/C15H22N2O2/c1-19-14-6-2-4-12(10-14)11-15(18)17-9-7-13-5-3-8-16-13/h2,4,6,10,13,16H,3,5,7-9,11H2,1H3,(H,17,18). The van der Waals surface area contributed by atoms with Gasteiger partial charge in [-0.15, -0.1) is 0 Å². The van der Waals surface area contributed by atoms with E-state index in [4.69, 9.17) is 4.74 Å². The van der Waals surface area contributed by atoms with E-state index in [1.165, 1.54) is 12.8 Å². The zero-order valence-corrected chi connectivity index (χ0v) is 11.4. The van der Waals surface area contributed by atoms with Gasteiger partial charge >= 0.3 is 0 Å². The minimum absolute atomic E-state index is 0.0752. The van der Waals surface area contributed by atoms with Crippen LogP contribution in [0.1, 0.15) is 24.8 Å². The lowest BCUT2D eigenvalue weighted by Crippen LogP contribution is -2.31. The fourth-order valence-corrected chi connectivity index (χ4v) is 2.42. The summed E-state index contributed by atoms with van der Waals surface area (Å²) in [5.74, 6) is 0.867. The van der Waals surface area contributed by atoms with E-state index in [9.17, 15) is 4.79 Å². The largest absolute Gasteiger partial charge is 0.497 e. The summed E-state index contributed by atoms with van der Waals surface area (Å²) < 4.78 is 5.15. The Balaban J connectivity index is 1.70. The summed E-state index contributed by atoms with van der Waals surface area (Å²) in [4.78, 5) is 11.8. The molecule has 4 nitrogen and oxygen atoms in total. The van der Waals surface area contributed by atoms with Gasteiger partial charge in [0.1, 0.15) is 5.75 Å². The van der Waals surface area contributed by atoms with Gasteiger partial charge in [-0.2, -0.15) is 0 Å². The molecule has 1 unspecified atom stereocenters. The Morgan fingerprint density at radius 3 is 3.16 bits per heavy atom. The van der Waals surface area contributed by atoms with Gasteiger partial charge in [-0.05, 0) is 43.5 Å². The van der Waals surface area contributed by atoms with E-state index < -0.39 is 0 Å². The van der Waals surface area contributed by atoms with Crippen molar-refractivity contribution in [3.05, 3.63) is 29.8 Å². The van der Waals surface area contributed by atoms with Crippen molar-refractivity contribution in [1.82, 2.24) is 10.6 Å². The number of hydrogen-bond acceptors (Lipinski definition) is 3. The maximum atomic E-state index is 11.8. The van der Waals surface area contributed by atoms with E-state index in [0.717, 1.165) is 30.8 Å². The first-order chi connectivity index (χ1) is 9.28. The smallest absolute Gasteiger partial charge is 0.224 e. The van der Waals surface area contributed by atoms with Crippen LogP contribution in [0.2, 0.25) is 0 Å². The highest BCUT2D eigenvalue weighted by molar-refractivity contribution is 5.78. The fraction of sp³-hybridized carbons (Fsp3) is 0.533. The predicted octanol–water partition coefficient (Wildman–Crippen LogP) is 1.50. The van der Waals surface area contributed by atoms with Crippen molar-refractivity contribution in [2.45, 2.75) is 31.7 Å². The average Bonchev–Trinajstić information content (AvgIpc) is 2.92. The van der Waals surface area contributed by atoms with E-state index in [0.29, 0.717) is 12.5 Å². The summed E-state index contributed by atoms with van der Waals surface area (Å²) in [5.41, 5.74) is 0.982. The van der Waals surface area contributed by atoms with E-state index >= 15 is 0 Å². The zero-order valence-electron chi connectivity index (χ0n) is 11.4. The lowest BCUT2D eigenvalue weighted by molar-refractivity contribution is -0.120. The maximum Gasteiger partial charge on any atom is 0.224 e. The topological polar surface area (TPSA) is 50.4 Å². The normalized spacial score (nSPS) is 18.3. The maximum absolute atomic E-state index is 11.8. The minimum atomic E-state index is 0.0752. The SMILES string of the molecule is COc1cccc(CC(=O)NCCC2CCCN2)c1. The van der Waals surface area contributed by atoms with Crippen LogP contribution in [0.3, 0.4) is 0 Å². The van der Waals surface area contributed by atoms with Crippen LogP contribution in [0.5, 0.6) is 5.75 Å². The van der Waals surface area contributed by atoms with E-state index in [-0.39, 0.29) is 5.91 Å². The van der Waals surface area contributed by atoms with Gasteiger partial charge in [-0.25, -0.2) is 0 Å². The molecule has 1 aliphatic heterocycles. The molecule has 0 spiro atoms. The van der Waals surface area contributed by atoms with Gasteiger partial charge in [0, 0.05) is 12.6 Å². The molecule has 1 saturated heterocycles. The highest BCUT2D eigenvalue weighted by Crippen LogP contribution is 2.13. The summed E-state index contributed by atoms with van der Waals surface area (Å²) in [6.07, 6.45) is 3.91. The zero-order chi connectivity index (χ0) is 13.5. The summed E-state index contributed by atoms with van der Waals surface area (Å²) >= 11 is 0. The average molecular weight is 262 g/mol. The minimum Gasteiger partial charge on any atom is -0.497 e. The monoisotopic (exact) mass is 262 g/mol. The van der Waals surface area contributed by atoms with Gasteiger partial charge in [0.2, 0.25) is 5.91 Å². The molecule has 1 aromatic rings. The Kier molecular flexibility index (Phi) is 5.21. The molecule has 1 aliphatic rings. The lowest BCUT2D eigenvalue weighted by atomic mass is 10.1. The van der Waals surface area contributed by atoms with Crippen molar-refractivity contribution in [2.24, 2.45) is 0 Å². The number of methoxy groups -OCH3 is 1. The highest BCUT2D eigenvalue weighted by Gasteiger charge is 2.13. The van der Waals surface area contributed by atoms with Crippen molar-refractivity contribution in [3.63, 3.8) is 0 Å². The Morgan fingerprint density at radius 2 is 2.42 bits per heavy atom. The van der Waals surface area contributed by atoms with Gasteiger partial charge in [0.25, 0.3) is 0 Å². The van der Waals surface area contributed by atoms with Crippen molar-refractivity contribution in [3.8, 4) is 5.75 Å². The number of carbonyl (C=O) groups excluding carboxylic acids is 1. The Hall–Kier alpha value is -1.55. The van der Waals surface area contributed by atoms with Gasteiger partial charge in [0.15, 0.2) is 0 Å². The summed E-state index contributed by atoms with van der Waals surface area (Å²) in [6, 6.07) is 8.22. The molecule has 104 valence electrons. The van der Waals surface area contributed by atoms with Crippen molar-refractivity contribution < 1.29 is 9.53 Å². The number of nitrogens with one attached hydrogen (secondary N) is 2. The first kappa shape index (κ1) is 13.9. The predicted molar refractivity (Wildman–Crippen MR) is 75.3 cm³/mol. The second-order valence-corrected chi connectivity index (χ2v) is 4.96. The molecule has 0 radical (unpaired) electrons. The Morgan fingerprint density at radius 1 is 1.53 bits per heavy atom. The molecular weight excluding hydrogens is 240 g/mol. The van der Waals surface area contributed by atoms with Gasteiger partial charge in [0.05, 0.1) is 13.5 Å². The van der Waals surface area contributed by atoms with Crippen LogP contribution < -0.4 is 15.4 Å². The first-order valence-electron chi connectivity index (χ1n) is 6.91. The van der Waals surface area contributed by atoms with Crippen LogP contribution in [0.15, 0.2) is 24.3 Å². The second-order valence-electron chi connectivity index (χ2n) is 4.96. The first-order valence-corrected chi connectivity index (χ1v) is 6.91. The van der Waals surface area contributed by atoms with Crippen LogP contribution in [-0.2, 0) is 11.2 Å². The van der Waals surface area contributed by atoms with E-state index in [2.05, 4.69) is 10.6 Å². The molecule has 0 aliphatic carbocycles. The molecule has 2 rings (SSSR count). The quantitative estimate of drug-likeness (QED) is 0.817. The Bertz CT molecular complexity index is 414. The van der Waals surface area contributed by atoms with Gasteiger partial charge in [-0.3, -0.25) is 4.79 Å². The number of amides is 1. The van der Waals surface area contributed by atoms with E-state index in [1.807, 2.05) is 24.3 Å². The third-order valence-electron chi connectivity index (χ3n) is 3.48. The van der Waals surface area contributed by atoms with Gasteiger partial charge in [-0.1, -0.05) is 12.1 Å². The van der Waals surface area contributed by atoms with E-state index in [1.54, 1.807) is 7.11 Å². The molecule has 1 fully saturated rings. The van der Waals surface area contributed by atoms with Crippen LogP contribution in [-0.4, -0.2) is 32.1 Å². The number of rotatable bonds is 6. The van der Waals surface area contributed by atoms with Crippen LogP contribution >= 0.6 is 0 Å². The van der Waals surface area contributed by atoms with Gasteiger partial charge < -0.3 is 15.4 Å². The molecule has 1 amide bonds. The van der Waals surface area contributed by atoms with Crippen molar-refractivity contribution in [1.29, 1.82) is 0 Å². The molecule has 0 aromatic heterocycles. The third-order valence-corrected chi connectivity index (χ3v) is 3.48. The number of carbonyl (C=O) groups is 1. The lowest BCUT2D eigenvalue weighted by Gasteiger charge is -2.11. The molecule has 0 saturated carbocycles. The third kappa shape index (κ3) is 4.56. The van der Waals surface area contributed by atoms with Crippen LogP contribution in [0.4, 0.5) is 0 Å².